The van der Waals surface area contributed by atoms with E-state index < -0.39 is 42.0 Å². The van der Waals surface area contributed by atoms with E-state index in [1.54, 1.807) is 32.9 Å². The van der Waals surface area contributed by atoms with Crippen molar-refractivity contribution in [3.05, 3.63) is 28.0 Å². The third kappa shape index (κ3) is 5.72. The molecule has 7 nitrogen and oxygen atoms in total. The molecule has 1 saturated heterocycles. The van der Waals surface area contributed by atoms with Crippen LogP contribution in [-0.2, 0) is 14.3 Å². The predicted molar refractivity (Wildman–Crippen MR) is 101 cm³/mol. The number of carbonyl (C=O) groups is 3. The van der Waals surface area contributed by atoms with Gasteiger partial charge in [-0.2, -0.15) is 0 Å². The van der Waals surface area contributed by atoms with Crippen molar-refractivity contribution in [3.8, 4) is 0 Å². The maximum absolute atomic E-state index is 12.6. The number of likely N-dealkylation sites (tertiary alicyclic amines) is 1. The molecule has 0 aromatic carbocycles. The van der Waals surface area contributed by atoms with E-state index in [0.29, 0.717) is 24.3 Å². The molecular weight excluding hydrogens is 370 g/mol. The Bertz CT molecular complexity index is 733. The van der Waals surface area contributed by atoms with Gasteiger partial charge in [-0.05, 0) is 51.8 Å². The van der Waals surface area contributed by atoms with Gasteiger partial charge in [0.25, 0.3) is 11.7 Å². The quantitative estimate of drug-likeness (QED) is 0.431. The number of aliphatic hydroxyl groups excluding tert-OH is 2. The molecule has 1 aliphatic rings. The fourth-order valence-corrected chi connectivity index (χ4v) is 3.54. The summed E-state index contributed by atoms with van der Waals surface area (Å²) in [5.41, 5.74) is -0.660. The summed E-state index contributed by atoms with van der Waals surface area (Å²) in [6, 6.07) is 2.45. The first-order chi connectivity index (χ1) is 12.6. The molecule has 1 aromatic heterocycles. The van der Waals surface area contributed by atoms with Gasteiger partial charge in [0.15, 0.2) is 0 Å². The van der Waals surface area contributed by atoms with E-state index in [0.717, 1.165) is 11.3 Å². The second-order valence-electron chi connectivity index (χ2n) is 7.33. The van der Waals surface area contributed by atoms with Crippen LogP contribution >= 0.6 is 11.3 Å². The number of carbonyl (C=O) groups excluding carboxylic acids is 3. The minimum absolute atomic E-state index is 0.257. The average Bonchev–Trinajstić information content (AvgIpc) is 3.26. The summed E-state index contributed by atoms with van der Waals surface area (Å²) in [4.78, 5) is 39.7. The number of Topliss-reactive ketones (excluding diaryl/α,β-unsaturated/α-hetero) is 1. The van der Waals surface area contributed by atoms with Crippen LogP contribution < -0.4 is 0 Å². The SMILES string of the molecule is CC(C)(C)OC(=O)[C@@H]1CCCN1C(=O)C(=O)c1ccc(/C=C/[C@@H](O)CO)s1. The molecule has 2 rings (SSSR count). The van der Waals surface area contributed by atoms with Gasteiger partial charge >= 0.3 is 5.97 Å². The molecule has 2 atom stereocenters. The number of ether oxygens (including phenoxy) is 1. The van der Waals surface area contributed by atoms with Gasteiger partial charge in [0.05, 0.1) is 17.6 Å². The second-order valence-corrected chi connectivity index (χ2v) is 8.45. The molecule has 0 spiro atoms. The molecule has 0 unspecified atom stereocenters. The van der Waals surface area contributed by atoms with Crippen molar-refractivity contribution in [2.75, 3.05) is 13.2 Å². The van der Waals surface area contributed by atoms with E-state index in [4.69, 9.17) is 9.84 Å². The molecular formula is C19H25NO6S. The van der Waals surface area contributed by atoms with Crippen LogP contribution in [0.2, 0.25) is 0 Å². The predicted octanol–water partition coefficient (Wildman–Crippen LogP) is 1.63. The Hall–Kier alpha value is -2.03. The Morgan fingerprint density at radius 1 is 1.37 bits per heavy atom. The van der Waals surface area contributed by atoms with Crippen LogP contribution in [0, 0.1) is 0 Å². The lowest BCUT2D eigenvalue weighted by Crippen LogP contribution is -2.46. The topological polar surface area (TPSA) is 104 Å². The van der Waals surface area contributed by atoms with Crippen molar-refractivity contribution in [1.29, 1.82) is 0 Å². The first-order valence-electron chi connectivity index (χ1n) is 8.77. The maximum atomic E-state index is 12.6. The van der Waals surface area contributed by atoms with Gasteiger partial charge in [-0.1, -0.05) is 6.08 Å². The molecule has 1 aromatic rings. The van der Waals surface area contributed by atoms with Gasteiger partial charge in [-0.25, -0.2) is 4.79 Å². The molecule has 0 aliphatic carbocycles. The number of amides is 1. The number of rotatable bonds is 6. The van der Waals surface area contributed by atoms with Crippen molar-refractivity contribution < 1.29 is 29.3 Å². The summed E-state index contributed by atoms with van der Waals surface area (Å²) in [5, 5.41) is 18.1. The number of nitrogens with zero attached hydrogens (tertiary/aromatic N) is 1. The van der Waals surface area contributed by atoms with E-state index in [1.807, 2.05) is 0 Å². The zero-order valence-electron chi connectivity index (χ0n) is 15.7. The number of ketones is 1. The molecule has 148 valence electrons. The fourth-order valence-electron chi connectivity index (χ4n) is 2.69. The van der Waals surface area contributed by atoms with Crippen LogP contribution in [-0.4, -0.2) is 63.7 Å². The van der Waals surface area contributed by atoms with Crippen LogP contribution in [0.5, 0.6) is 0 Å². The fraction of sp³-hybridized carbons (Fsp3) is 0.526. The second kappa shape index (κ2) is 8.77. The van der Waals surface area contributed by atoms with Crippen molar-refractivity contribution in [1.82, 2.24) is 4.90 Å². The zero-order chi connectivity index (χ0) is 20.2. The van der Waals surface area contributed by atoms with E-state index in [1.165, 1.54) is 17.0 Å². The summed E-state index contributed by atoms with van der Waals surface area (Å²) in [7, 11) is 0. The molecule has 0 bridgehead atoms. The average molecular weight is 395 g/mol. The van der Waals surface area contributed by atoms with Gasteiger partial charge in [0.2, 0.25) is 0 Å². The number of hydrogen-bond acceptors (Lipinski definition) is 7. The number of hydrogen-bond donors (Lipinski definition) is 2. The number of esters is 1. The van der Waals surface area contributed by atoms with Crippen LogP contribution in [0.3, 0.4) is 0 Å². The summed E-state index contributed by atoms with van der Waals surface area (Å²) >= 11 is 1.11. The molecule has 1 amide bonds. The summed E-state index contributed by atoms with van der Waals surface area (Å²) < 4.78 is 5.36. The number of thiophene rings is 1. The van der Waals surface area contributed by atoms with Crippen LogP contribution in [0.1, 0.15) is 48.2 Å². The van der Waals surface area contributed by atoms with Gasteiger partial charge in [-0.3, -0.25) is 9.59 Å². The third-order valence-corrected chi connectivity index (χ3v) is 4.96. The lowest BCUT2D eigenvalue weighted by atomic mass is 10.1. The molecule has 2 heterocycles. The van der Waals surface area contributed by atoms with Crippen LogP contribution in [0.4, 0.5) is 0 Å². The molecule has 2 N–H and O–H groups in total. The van der Waals surface area contributed by atoms with Crippen molar-refractivity contribution >= 4 is 35.1 Å². The van der Waals surface area contributed by atoms with Crippen molar-refractivity contribution in [3.63, 3.8) is 0 Å². The molecule has 0 radical (unpaired) electrons. The van der Waals surface area contributed by atoms with Crippen molar-refractivity contribution in [2.45, 2.75) is 51.4 Å². The normalized spacial score (nSPS) is 18.7. The van der Waals surface area contributed by atoms with E-state index in [2.05, 4.69) is 0 Å². The summed E-state index contributed by atoms with van der Waals surface area (Å²) in [5.74, 6) is -1.87. The highest BCUT2D eigenvalue weighted by atomic mass is 32.1. The standard InChI is InChI=1S/C19H25NO6S/c1-19(2,3)26-18(25)14-5-4-10-20(14)17(24)16(23)15-9-8-13(27-15)7-6-12(22)11-21/h6-9,12,14,21-22H,4-5,10-11H2,1-3H3/b7-6+/t12-,14+/m1/s1. The van der Waals surface area contributed by atoms with E-state index in [-0.39, 0.29) is 4.88 Å². The maximum Gasteiger partial charge on any atom is 0.329 e. The Morgan fingerprint density at radius 3 is 2.70 bits per heavy atom. The number of aliphatic hydroxyl groups is 2. The first-order valence-corrected chi connectivity index (χ1v) is 9.59. The molecule has 8 heteroatoms. The molecule has 27 heavy (non-hydrogen) atoms. The minimum atomic E-state index is -0.980. The monoisotopic (exact) mass is 395 g/mol. The Labute approximate surface area is 162 Å². The minimum Gasteiger partial charge on any atom is -0.458 e. The molecule has 1 fully saturated rings. The highest BCUT2D eigenvalue weighted by molar-refractivity contribution is 7.15. The first kappa shape index (κ1) is 21.3. The van der Waals surface area contributed by atoms with E-state index in [9.17, 15) is 19.5 Å². The summed E-state index contributed by atoms with van der Waals surface area (Å²) in [6.07, 6.45) is 3.12. The largest absolute Gasteiger partial charge is 0.458 e. The van der Waals surface area contributed by atoms with Gasteiger partial charge < -0.3 is 19.8 Å². The van der Waals surface area contributed by atoms with Crippen LogP contribution in [0.15, 0.2) is 18.2 Å². The smallest absolute Gasteiger partial charge is 0.329 e. The van der Waals surface area contributed by atoms with Gasteiger partial charge in [0.1, 0.15) is 11.6 Å². The highest BCUT2D eigenvalue weighted by Gasteiger charge is 2.39. The lowest BCUT2D eigenvalue weighted by molar-refractivity contribution is -0.162. The Kier molecular flexibility index (Phi) is 6.91. The van der Waals surface area contributed by atoms with Crippen LogP contribution in [0.25, 0.3) is 6.08 Å². The lowest BCUT2D eigenvalue weighted by Gasteiger charge is -2.26. The Morgan fingerprint density at radius 2 is 2.07 bits per heavy atom. The van der Waals surface area contributed by atoms with Gasteiger partial charge in [-0.15, -0.1) is 11.3 Å². The molecule has 1 aliphatic heterocycles. The summed E-state index contributed by atoms with van der Waals surface area (Å²) in [6.45, 7) is 5.21. The zero-order valence-corrected chi connectivity index (χ0v) is 16.5. The van der Waals surface area contributed by atoms with E-state index >= 15 is 0 Å². The van der Waals surface area contributed by atoms with Crippen molar-refractivity contribution in [2.24, 2.45) is 0 Å². The Balaban J connectivity index is 2.08. The van der Waals surface area contributed by atoms with Gasteiger partial charge in [0, 0.05) is 11.4 Å². The molecule has 0 saturated carbocycles. The third-order valence-electron chi connectivity index (χ3n) is 3.91. The highest BCUT2D eigenvalue weighted by Crippen LogP contribution is 2.24.